The van der Waals surface area contributed by atoms with Gasteiger partial charge in [-0.3, -0.25) is 4.90 Å². The first-order valence-corrected chi connectivity index (χ1v) is 9.57. The van der Waals surface area contributed by atoms with Crippen molar-refractivity contribution in [2.24, 2.45) is 0 Å². The monoisotopic (exact) mass is 392 g/mol. The Morgan fingerprint density at radius 3 is 2.82 bits per heavy atom. The molecule has 2 aromatic heterocycles. The Labute approximate surface area is 164 Å². The normalized spacial score (nSPS) is 17.2. The zero-order valence-electron chi connectivity index (χ0n) is 16.4. The smallest absolute Gasteiger partial charge is 0.260 e. The van der Waals surface area contributed by atoms with Gasteiger partial charge in [-0.15, -0.1) is 6.58 Å². The number of furan rings is 1. The Balaban J connectivity index is 1.98. The minimum Gasteiger partial charge on any atom is -0.493 e. The number of ether oxygens (including phenoxy) is 3. The standard InChI is InChI=1S/C20H28N2O6/c1-4-6-10-27-20-16(17(23)19-15(24-3)7-11-26-19)18(28-21-20)14(5-2)22-8-12-25-13-9-22/h5,7,11,14,17,23H,2,4,6,8-10,12-13H2,1,3H3/t14-,17?/m0/s1. The molecule has 1 unspecified atom stereocenters. The summed E-state index contributed by atoms with van der Waals surface area (Å²) < 4.78 is 27.7. The molecule has 1 saturated heterocycles. The van der Waals surface area contributed by atoms with Crippen LogP contribution < -0.4 is 9.47 Å². The summed E-state index contributed by atoms with van der Waals surface area (Å²) in [6.45, 7) is 9.21. The largest absolute Gasteiger partial charge is 0.493 e. The fourth-order valence-electron chi connectivity index (χ4n) is 3.26. The lowest BCUT2D eigenvalue weighted by Gasteiger charge is -2.31. The van der Waals surface area contributed by atoms with E-state index in [1.807, 2.05) is 0 Å². The summed E-state index contributed by atoms with van der Waals surface area (Å²) in [6, 6.07) is 1.38. The number of methoxy groups -OCH3 is 1. The van der Waals surface area contributed by atoms with Crippen LogP contribution in [0.5, 0.6) is 11.6 Å². The number of unbranched alkanes of at least 4 members (excludes halogenated alkanes) is 1. The second-order valence-electron chi connectivity index (χ2n) is 6.55. The molecule has 3 rings (SSSR count). The molecule has 8 heteroatoms. The molecule has 0 aromatic carbocycles. The molecule has 0 aliphatic carbocycles. The van der Waals surface area contributed by atoms with Crippen molar-refractivity contribution in [3.8, 4) is 11.6 Å². The maximum absolute atomic E-state index is 11.1. The molecule has 154 valence electrons. The summed E-state index contributed by atoms with van der Waals surface area (Å²) in [7, 11) is 1.52. The van der Waals surface area contributed by atoms with Crippen LogP contribution in [0.15, 0.2) is 33.9 Å². The quantitative estimate of drug-likeness (QED) is 0.487. The van der Waals surface area contributed by atoms with Gasteiger partial charge in [0, 0.05) is 19.2 Å². The molecule has 0 spiro atoms. The van der Waals surface area contributed by atoms with Crippen LogP contribution in [0.4, 0.5) is 0 Å². The van der Waals surface area contributed by atoms with Gasteiger partial charge in [-0.05, 0) is 11.6 Å². The summed E-state index contributed by atoms with van der Waals surface area (Å²) in [5, 5.41) is 15.2. The van der Waals surface area contributed by atoms with Crippen LogP contribution in [-0.2, 0) is 4.74 Å². The highest BCUT2D eigenvalue weighted by atomic mass is 16.5. The molecule has 1 aliphatic heterocycles. The Kier molecular flexibility index (Phi) is 7.13. The Bertz CT molecular complexity index is 750. The third-order valence-electron chi connectivity index (χ3n) is 4.79. The van der Waals surface area contributed by atoms with Crippen LogP contribution in [0.1, 0.15) is 49.0 Å². The molecular weight excluding hydrogens is 364 g/mol. The fraction of sp³-hybridized carbons (Fsp3) is 0.550. The first-order chi connectivity index (χ1) is 13.7. The van der Waals surface area contributed by atoms with Crippen molar-refractivity contribution >= 4 is 0 Å². The van der Waals surface area contributed by atoms with E-state index < -0.39 is 6.10 Å². The van der Waals surface area contributed by atoms with Crippen molar-refractivity contribution in [3.05, 3.63) is 42.1 Å². The lowest BCUT2D eigenvalue weighted by molar-refractivity contribution is 0.0200. The van der Waals surface area contributed by atoms with Crippen LogP contribution in [-0.4, -0.2) is 55.2 Å². The summed E-state index contributed by atoms with van der Waals surface area (Å²) in [5.41, 5.74) is 0.431. The summed E-state index contributed by atoms with van der Waals surface area (Å²) in [4.78, 5) is 2.17. The third kappa shape index (κ3) is 4.24. The van der Waals surface area contributed by atoms with Gasteiger partial charge in [0.15, 0.2) is 17.3 Å². The van der Waals surface area contributed by atoms with E-state index in [4.69, 9.17) is 23.2 Å². The van der Waals surface area contributed by atoms with Gasteiger partial charge in [0.25, 0.3) is 5.88 Å². The number of nitrogens with zero attached hydrogens (tertiary/aromatic N) is 2. The van der Waals surface area contributed by atoms with Gasteiger partial charge < -0.3 is 28.3 Å². The van der Waals surface area contributed by atoms with E-state index in [0.29, 0.717) is 36.9 Å². The highest BCUT2D eigenvalue weighted by molar-refractivity contribution is 5.41. The van der Waals surface area contributed by atoms with Gasteiger partial charge in [-0.25, -0.2) is 0 Å². The van der Waals surface area contributed by atoms with E-state index in [1.165, 1.54) is 13.4 Å². The predicted octanol–water partition coefficient (Wildman–Crippen LogP) is 3.10. The van der Waals surface area contributed by atoms with Gasteiger partial charge in [0.05, 0.1) is 44.8 Å². The molecule has 1 aliphatic rings. The average molecular weight is 392 g/mol. The highest BCUT2D eigenvalue weighted by Gasteiger charge is 2.35. The molecule has 0 radical (unpaired) electrons. The highest BCUT2D eigenvalue weighted by Crippen LogP contribution is 2.41. The molecule has 8 nitrogen and oxygen atoms in total. The molecule has 1 fully saturated rings. The topological polar surface area (TPSA) is 90.3 Å². The fourth-order valence-corrected chi connectivity index (χ4v) is 3.26. The van der Waals surface area contributed by atoms with Crippen molar-refractivity contribution in [1.82, 2.24) is 10.1 Å². The molecule has 0 bridgehead atoms. The van der Waals surface area contributed by atoms with Gasteiger partial charge in [0.2, 0.25) is 0 Å². The van der Waals surface area contributed by atoms with Gasteiger partial charge in [-0.1, -0.05) is 19.4 Å². The van der Waals surface area contributed by atoms with Crippen LogP contribution in [0.3, 0.4) is 0 Å². The number of hydrogen-bond acceptors (Lipinski definition) is 8. The van der Waals surface area contributed by atoms with Crippen LogP contribution in [0.25, 0.3) is 0 Å². The van der Waals surface area contributed by atoms with E-state index in [9.17, 15) is 5.11 Å². The van der Waals surface area contributed by atoms with E-state index in [0.717, 1.165) is 25.9 Å². The zero-order valence-corrected chi connectivity index (χ0v) is 16.4. The second kappa shape index (κ2) is 9.77. The van der Waals surface area contributed by atoms with Crippen LogP contribution in [0.2, 0.25) is 0 Å². The number of rotatable bonds is 10. The number of morpholine rings is 1. The van der Waals surface area contributed by atoms with Crippen molar-refractivity contribution in [3.63, 3.8) is 0 Å². The molecule has 1 N–H and O–H groups in total. The summed E-state index contributed by atoms with van der Waals surface area (Å²) >= 11 is 0. The molecule has 0 saturated carbocycles. The number of aromatic nitrogens is 1. The number of aliphatic hydroxyl groups excluding tert-OH is 1. The minimum atomic E-state index is -1.15. The zero-order chi connectivity index (χ0) is 19.9. The molecule has 2 aromatic rings. The maximum atomic E-state index is 11.1. The van der Waals surface area contributed by atoms with Gasteiger partial charge in [-0.2, -0.15) is 0 Å². The SMILES string of the molecule is C=C[C@@H](c1onc(OCCCC)c1C(O)c1occc1OC)N1CCOCC1. The van der Waals surface area contributed by atoms with E-state index in [2.05, 4.69) is 23.6 Å². The van der Waals surface area contributed by atoms with Crippen LogP contribution >= 0.6 is 0 Å². The summed E-state index contributed by atoms with van der Waals surface area (Å²) in [5.74, 6) is 1.46. The molecular formula is C20H28N2O6. The first-order valence-electron chi connectivity index (χ1n) is 9.57. The predicted molar refractivity (Wildman–Crippen MR) is 102 cm³/mol. The first kappa shape index (κ1) is 20.4. The number of hydrogen-bond donors (Lipinski definition) is 1. The molecule has 28 heavy (non-hydrogen) atoms. The minimum absolute atomic E-state index is 0.259. The Morgan fingerprint density at radius 2 is 2.14 bits per heavy atom. The maximum Gasteiger partial charge on any atom is 0.260 e. The third-order valence-corrected chi connectivity index (χ3v) is 4.79. The van der Waals surface area contributed by atoms with Crippen molar-refractivity contribution in [1.29, 1.82) is 0 Å². The Morgan fingerprint density at radius 1 is 1.36 bits per heavy atom. The van der Waals surface area contributed by atoms with E-state index in [-0.39, 0.29) is 17.7 Å². The van der Waals surface area contributed by atoms with Crippen molar-refractivity contribution in [2.45, 2.75) is 31.9 Å². The van der Waals surface area contributed by atoms with E-state index in [1.54, 1.807) is 12.1 Å². The molecule has 2 atom stereocenters. The van der Waals surface area contributed by atoms with E-state index >= 15 is 0 Å². The van der Waals surface area contributed by atoms with Gasteiger partial charge >= 0.3 is 0 Å². The van der Waals surface area contributed by atoms with Crippen molar-refractivity contribution < 1.29 is 28.3 Å². The molecule has 3 heterocycles. The second-order valence-corrected chi connectivity index (χ2v) is 6.55. The van der Waals surface area contributed by atoms with Crippen molar-refractivity contribution in [2.75, 3.05) is 40.0 Å². The van der Waals surface area contributed by atoms with Gasteiger partial charge in [0.1, 0.15) is 6.10 Å². The Hall–Kier alpha value is -2.29. The summed E-state index contributed by atoms with van der Waals surface area (Å²) in [6.07, 6.45) is 3.95. The van der Waals surface area contributed by atoms with Crippen LogP contribution in [0, 0.1) is 0 Å². The average Bonchev–Trinajstić information content (AvgIpc) is 3.36. The lowest BCUT2D eigenvalue weighted by atomic mass is 10.0. The number of aliphatic hydroxyl groups is 1. The lowest BCUT2D eigenvalue weighted by Crippen LogP contribution is -2.38. The molecule has 0 amide bonds.